The topological polar surface area (TPSA) is 24.8 Å². The molecule has 0 aliphatic rings. The van der Waals surface area contributed by atoms with Crippen molar-refractivity contribution in [3.8, 4) is 11.5 Å². The van der Waals surface area contributed by atoms with Crippen molar-refractivity contribution >= 4 is 46.2 Å². The molecular weight excluding hydrogens is 423 g/mol. The van der Waals surface area contributed by atoms with Crippen LogP contribution in [0.4, 0.5) is 5.69 Å². The second-order valence-corrected chi connectivity index (χ2v) is 6.97. The largest absolute Gasteiger partial charge is 0.457 e. The highest BCUT2D eigenvalue weighted by atomic mass is 127. The van der Waals surface area contributed by atoms with Gasteiger partial charge in [-0.05, 0) is 78.8 Å². The molecule has 0 saturated carbocycles. The first-order valence-electron chi connectivity index (χ1n) is 7.39. The molecule has 2 rings (SSSR count). The average Bonchev–Trinajstić information content (AvgIpc) is 2.52. The Bertz CT molecular complexity index is 731. The lowest BCUT2D eigenvalue weighted by atomic mass is 10.1. The summed E-state index contributed by atoms with van der Waals surface area (Å²) in [6.45, 7) is 7.07. The van der Waals surface area contributed by atoms with Gasteiger partial charge in [0.1, 0.15) is 11.5 Å². The third kappa shape index (κ3) is 4.85. The summed E-state index contributed by atoms with van der Waals surface area (Å²) in [6.07, 6.45) is 1.85. The maximum atomic E-state index is 6.15. The molecular formula is C18H20ClIN2O. The molecule has 2 aromatic carbocycles. The Hall–Kier alpha value is -1.27. The lowest BCUT2D eigenvalue weighted by Gasteiger charge is -2.13. The summed E-state index contributed by atoms with van der Waals surface area (Å²) in [7, 11) is 2.00. The number of hydrogen-bond acceptors (Lipinski definition) is 2. The second kappa shape index (κ2) is 8.02. The van der Waals surface area contributed by atoms with Crippen molar-refractivity contribution in [2.75, 3.05) is 13.6 Å². The zero-order chi connectivity index (χ0) is 17.0. The van der Waals surface area contributed by atoms with Crippen molar-refractivity contribution in [3.63, 3.8) is 0 Å². The molecule has 23 heavy (non-hydrogen) atoms. The Balaban J connectivity index is 2.25. The number of aliphatic imine (C=N–C) groups is 1. The molecule has 0 unspecified atom stereocenters. The average molecular weight is 443 g/mol. The fourth-order valence-electron chi connectivity index (χ4n) is 1.93. The van der Waals surface area contributed by atoms with Gasteiger partial charge in [-0.3, -0.25) is 0 Å². The third-order valence-corrected chi connectivity index (χ3v) is 5.08. The van der Waals surface area contributed by atoms with Crippen molar-refractivity contribution in [1.29, 1.82) is 0 Å². The molecule has 0 spiro atoms. The first-order chi connectivity index (χ1) is 10.9. The van der Waals surface area contributed by atoms with Gasteiger partial charge >= 0.3 is 0 Å². The van der Waals surface area contributed by atoms with Crippen molar-refractivity contribution in [1.82, 2.24) is 4.90 Å². The van der Waals surface area contributed by atoms with Gasteiger partial charge in [0.15, 0.2) is 0 Å². The van der Waals surface area contributed by atoms with E-state index < -0.39 is 0 Å². The predicted octanol–water partition coefficient (Wildman–Crippen LogP) is 5.97. The number of nitrogens with zero attached hydrogens (tertiary/aromatic N) is 2. The van der Waals surface area contributed by atoms with Crippen LogP contribution in [0.15, 0.2) is 35.3 Å². The molecule has 3 nitrogen and oxygen atoms in total. The Kier molecular flexibility index (Phi) is 6.30. The summed E-state index contributed by atoms with van der Waals surface area (Å²) < 4.78 is 6.99. The van der Waals surface area contributed by atoms with Crippen LogP contribution in [0.25, 0.3) is 0 Å². The normalized spacial score (nSPS) is 11.0. The molecule has 0 aromatic heterocycles. The monoisotopic (exact) mass is 442 g/mol. The van der Waals surface area contributed by atoms with Crippen molar-refractivity contribution in [3.05, 3.63) is 50.1 Å². The van der Waals surface area contributed by atoms with Crippen LogP contribution in [0.3, 0.4) is 0 Å². The minimum atomic E-state index is 0.696. The van der Waals surface area contributed by atoms with Crippen LogP contribution in [-0.2, 0) is 0 Å². The van der Waals surface area contributed by atoms with Crippen LogP contribution in [0.1, 0.15) is 18.1 Å². The number of aryl methyl sites for hydroxylation is 2. The van der Waals surface area contributed by atoms with E-state index in [0.717, 1.165) is 38.4 Å². The van der Waals surface area contributed by atoms with Crippen LogP contribution in [0.5, 0.6) is 11.5 Å². The third-order valence-electron chi connectivity index (χ3n) is 3.51. The van der Waals surface area contributed by atoms with Crippen LogP contribution in [0, 0.1) is 17.4 Å². The molecule has 5 heteroatoms. The van der Waals surface area contributed by atoms with E-state index in [4.69, 9.17) is 16.3 Å². The van der Waals surface area contributed by atoms with Crippen molar-refractivity contribution in [2.24, 2.45) is 4.99 Å². The van der Waals surface area contributed by atoms with E-state index in [9.17, 15) is 0 Å². The van der Waals surface area contributed by atoms with E-state index in [1.54, 1.807) is 0 Å². The standard InChI is InChI=1S/C18H20ClIN2O/c1-5-22(4)11-21-17-8-13(3)18(9-12(17)2)23-14-6-7-16(20)15(19)10-14/h6-11H,5H2,1-4H3/b21-11+. The van der Waals surface area contributed by atoms with Gasteiger partial charge in [-0.25, -0.2) is 4.99 Å². The van der Waals surface area contributed by atoms with Gasteiger partial charge in [-0.1, -0.05) is 11.6 Å². The molecule has 0 N–H and O–H groups in total. The lowest BCUT2D eigenvalue weighted by molar-refractivity contribution is 0.478. The Morgan fingerprint density at radius 2 is 1.96 bits per heavy atom. The second-order valence-electron chi connectivity index (χ2n) is 5.40. The summed E-state index contributed by atoms with van der Waals surface area (Å²) in [6, 6.07) is 9.75. The summed E-state index contributed by atoms with van der Waals surface area (Å²) in [5, 5.41) is 0.696. The van der Waals surface area contributed by atoms with E-state index >= 15 is 0 Å². The van der Waals surface area contributed by atoms with E-state index in [2.05, 4.69) is 34.5 Å². The minimum absolute atomic E-state index is 0.696. The first kappa shape index (κ1) is 18.1. The Morgan fingerprint density at radius 1 is 1.22 bits per heavy atom. The van der Waals surface area contributed by atoms with Crippen LogP contribution in [0.2, 0.25) is 5.02 Å². The Morgan fingerprint density at radius 3 is 2.61 bits per heavy atom. The fraction of sp³-hybridized carbons (Fsp3) is 0.278. The van der Waals surface area contributed by atoms with Crippen LogP contribution in [-0.4, -0.2) is 24.8 Å². The predicted molar refractivity (Wildman–Crippen MR) is 107 cm³/mol. The van der Waals surface area contributed by atoms with E-state index in [-0.39, 0.29) is 0 Å². The van der Waals surface area contributed by atoms with E-state index in [1.807, 2.05) is 62.5 Å². The smallest absolute Gasteiger partial charge is 0.130 e. The van der Waals surface area contributed by atoms with E-state index in [1.165, 1.54) is 0 Å². The van der Waals surface area contributed by atoms with Crippen LogP contribution < -0.4 is 4.74 Å². The molecule has 0 aliphatic carbocycles. The molecule has 2 aromatic rings. The molecule has 0 amide bonds. The zero-order valence-electron chi connectivity index (χ0n) is 13.7. The van der Waals surface area contributed by atoms with Gasteiger partial charge < -0.3 is 9.64 Å². The van der Waals surface area contributed by atoms with Crippen molar-refractivity contribution in [2.45, 2.75) is 20.8 Å². The maximum absolute atomic E-state index is 6.15. The maximum Gasteiger partial charge on any atom is 0.130 e. The van der Waals surface area contributed by atoms with Gasteiger partial charge in [-0.15, -0.1) is 0 Å². The van der Waals surface area contributed by atoms with Gasteiger partial charge in [0, 0.05) is 23.2 Å². The number of ether oxygens (including phenoxy) is 1. The lowest BCUT2D eigenvalue weighted by Crippen LogP contribution is -2.14. The zero-order valence-corrected chi connectivity index (χ0v) is 16.6. The number of rotatable bonds is 5. The molecule has 0 saturated heterocycles. The highest BCUT2D eigenvalue weighted by molar-refractivity contribution is 14.1. The van der Waals surface area contributed by atoms with Gasteiger partial charge in [0.2, 0.25) is 0 Å². The SMILES string of the molecule is CCN(C)/C=N/c1cc(C)c(Oc2ccc(I)c(Cl)c2)cc1C. The summed E-state index contributed by atoms with van der Waals surface area (Å²) in [4.78, 5) is 6.57. The van der Waals surface area contributed by atoms with Crippen molar-refractivity contribution < 1.29 is 4.74 Å². The Labute approximate surface area is 156 Å². The highest BCUT2D eigenvalue weighted by Crippen LogP contribution is 2.33. The summed E-state index contributed by atoms with van der Waals surface area (Å²) in [5.74, 6) is 1.56. The quantitative estimate of drug-likeness (QED) is 0.324. The number of halogens is 2. The van der Waals surface area contributed by atoms with E-state index in [0.29, 0.717) is 5.02 Å². The molecule has 0 atom stereocenters. The molecule has 0 radical (unpaired) electrons. The molecule has 0 bridgehead atoms. The van der Waals surface area contributed by atoms with Gasteiger partial charge in [-0.2, -0.15) is 0 Å². The first-order valence-corrected chi connectivity index (χ1v) is 8.85. The molecule has 0 fully saturated rings. The van der Waals surface area contributed by atoms with Gasteiger partial charge in [0.05, 0.1) is 17.0 Å². The van der Waals surface area contributed by atoms with Crippen LogP contribution >= 0.6 is 34.2 Å². The molecule has 0 aliphatic heterocycles. The molecule has 0 heterocycles. The highest BCUT2D eigenvalue weighted by Gasteiger charge is 2.07. The summed E-state index contributed by atoms with van der Waals surface area (Å²) in [5.41, 5.74) is 3.07. The number of hydrogen-bond donors (Lipinski definition) is 0. The minimum Gasteiger partial charge on any atom is -0.457 e. The fourth-order valence-corrected chi connectivity index (χ4v) is 2.44. The number of benzene rings is 2. The molecule has 122 valence electrons. The van der Waals surface area contributed by atoms with Gasteiger partial charge in [0.25, 0.3) is 0 Å². The summed E-state index contributed by atoms with van der Waals surface area (Å²) >= 11 is 8.35.